The number of nitriles is 1. The molecule has 1 atom stereocenters. The van der Waals surface area contributed by atoms with Crippen LogP contribution < -0.4 is 4.74 Å². The van der Waals surface area contributed by atoms with Crippen molar-refractivity contribution in [1.82, 2.24) is 4.31 Å². The van der Waals surface area contributed by atoms with E-state index in [-0.39, 0.29) is 10.6 Å². The van der Waals surface area contributed by atoms with Gasteiger partial charge in [0.05, 0.1) is 9.82 Å². The van der Waals surface area contributed by atoms with Crippen molar-refractivity contribution in [1.29, 1.82) is 5.26 Å². The van der Waals surface area contributed by atoms with E-state index in [4.69, 9.17) is 10.00 Å². The molecular formula is C13H15N3O5S. The van der Waals surface area contributed by atoms with Gasteiger partial charge >= 0.3 is 5.69 Å². The van der Waals surface area contributed by atoms with Gasteiger partial charge in [-0.15, -0.1) is 0 Å². The molecule has 0 aliphatic carbocycles. The van der Waals surface area contributed by atoms with Gasteiger partial charge in [0.1, 0.15) is 6.07 Å². The lowest BCUT2D eigenvalue weighted by Crippen LogP contribution is -2.27. The Morgan fingerprint density at radius 1 is 1.41 bits per heavy atom. The zero-order valence-electron chi connectivity index (χ0n) is 11.9. The van der Waals surface area contributed by atoms with Crippen LogP contribution in [0.3, 0.4) is 0 Å². The Balaban J connectivity index is 2.41. The molecule has 118 valence electrons. The van der Waals surface area contributed by atoms with E-state index in [1.54, 1.807) is 6.07 Å². The first-order valence-electron chi connectivity index (χ1n) is 6.71. The fraction of sp³-hybridized carbons (Fsp3) is 0.462. The molecule has 1 aromatic rings. The van der Waals surface area contributed by atoms with E-state index in [0.29, 0.717) is 13.1 Å². The third-order valence-electron chi connectivity index (χ3n) is 3.32. The summed E-state index contributed by atoms with van der Waals surface area (Å²) in [7, 11) is -3.74. The molecule has 0 N–H and O–H groups in total. The van der Waals surface area contributed by atoms with E-state index in [2.05, 4.69) is 0 Å². The highest BCUT2D eigenvalue weighted by Gasteiger charge is 2.30. The molecule has 0 radical (unpaired) electrons. The van der Waals surface area contributed by atoms with Crippen molar-refractivity contribution in [3.63, 3.8) is 0 Å². The Morgan fingerprint density at radius 3 is 2.59 bits per heavy atom. The zero-order valence-corrected chi connectivity index (χ0v) is 12.7. The lowest BCUT2D eigenvalue weighted by atomic mass is 10.3. The molecule has 0 unspecified atom stereocenters. The average Bonchev–Trinajstić information content (AvgIpc) is 3.02. The summed E-state index contributed by atoms with van der Waals surface area (Å²) < 4.78 is 31.3. The maximum atomic E-state index is 12.4. The number of nitro benzene ring substituents is 1. The van der Waals surface area contributed by atoms with Crippen molar-refractivity contribution < 1.29 is 18.1 Å². The number of nitro groups is 1. The summed E-state index contributed by atoms with van der Waals surface area (Å²) in [6, 6.07) is 5.26. The number of hydrogen-bond acceptors (Lipinski definition) is 6. The molecule has 1 saturated heterocycles. The van der Waals surface area contributed by atoms with E-state index in [0.717, 1.165) is 18.9 Å². The molecule has 0 bridgehead atoms. The molecule has 1 aromatic carbocycles. The van der Waals surface area contributed by atoms with Crippen molar-refractivity contribution in [3.8, 4) is 11.8 Å². The number of benzene rings is 1. The van der Waals surface area contributed by atoms with Crippen LogP contribution in [0.1, 0.15) is 19.8 Å². The number of hydrogen-bond donors (Lipinski definition) is 0. The fourth-order valence-corrected chi connectivity index (χ4v) is 3.73. The predicted molar refractivity (Wildman–Crippen MR) is 76.8 cm³/mol. The molecule has 0 spiro atoms. The molecule has 0 aromatic heterocycles. The van der Waals surface area contributed by atoms with Gasteiger partial charge in [-0.25, -0.2) is 8.42 Å². The molecule has 1 aliphatic rings. The molecule has 2 rings (SSSR count). The normalized spacial score (nSPS) is 16.9. The van der Waals surface area contributed by atoms with Crippen LogP contribution in [-0.4, -0.2) is 36.8 Å². The Bertz CT molecular complexity index is 720. The minimum atomic E-state index is -3.74. The SMILES string of the molecule is C[C@@H](C#N)Oc1ccc(S(=O)(=O)N2CCCC2)cc1[N+](=O)[O-]. The summed E-state index contributed by atoms with van der Waals surface area (Å²) in [6.07, 6.45) is 0.685. The summed E-state index contributed by atoms with van der Waals surface area (Å²) in [6.45, 7) is 2.28. The van der Waals surface area contributed by atoms with E-state index in [1.807, 2.05) is 0 Å². The predicted octanol–water partition coefficient (Wildman–Crippen LogP) is 1.67. The van der Waals surface area contributed by atoms with E-state index in [1.165, 1.54) is 23.4 Å². The summed E-state index contributed by atoms with van der Waals surface area (Å²) in [4.78, 5) is 10.3. The first-order valence-corrected chi connectivity index (χ1v) is 8.15. The summed E-state index contributed by atoms with van der Waals surface area (Å²) in [5.41, 5.74) is -0.470. The van der Waals surface area contributed by atoms with Gasteiger partial charge in [-0.2, -0.15) is 9.57 Å². The lowest BCUT2D eigenvalue weighted by Gasteiger charge is -2.16. The second kappa shape index (κ2) is 6.29. The highest BCUT2D eigenvalue weighted by Crippen LogP contribution is 2.32. The summed E-state index contributed by atoms with van der Waals surface area (Å²) in [5, 5.41) is 19.8. The van der Waals surface area contributed by atoms with Crippen LogP contribution in [0.4, 0.5) is 5.69 Å². The Labute approximate surface area is 128 Å². The molecule has 9 heteroatoms. The van der Waals surface area contributed by atoms with Gasteiger partial charge in [0.2, 0.25) is 10.0 Å². The molecule has 1 aliphatic heterocycles. The van der Waals surface area contributed by atoms with Crippen LogP contribution in [0.25, 0.3) is 0 Å². The largest absolute Gasteiger partial charge is 0.469 e. The maximum absolute atomic E-state index is 12.4. The first-order chi connectivity index (χ1) is 10.4. The fourth-order valence-electron chi connectivity index (χ4n) is 2.19. The molecular weight excluding hydrogens is 310 g/mol. The molecule has 1 fully saturated rings. The minimum Gasteiger partial charge on any atom is -0.469 e. The third-order valence-corrected chi connectivity index (χ3v) is 5.21. The van der Waals surface area contributed by atoms with Crippen molar-refractivity contribution in [3.05, 3.63) is 28.3 Å². The summed E-state index contributed by atoms with van der Waals surface area (Å²) >= 11 is 0. The standard InChI is InChI=1S/C13H15N3O5S/c1-10(9-14)21-13-5-4-11(8-12(13)16(17)18)22(19,20)15-6-2-3-7-15/h4-5,8,10H,2-3,6-7H2,1H3/t10-/m0/s1. The molecule has 0 saturated carbocycles. The van der Waals surface area contributed by atoms with Gasteiger partial charge < -0.3 is 4.74 Å². The van der Waals surface area contributed by atoms with E-state index >= 15 is 0 Å². The van der Waals surface area contributed by atoms with E-state index < -0.39 is 26.7 Å². The quantitative estimate of drug-likeness (QED) is 0.601. The van der Waals surface area contributed by atoms with Crippen molar-refractivity contribution >= 4 is 15.7 Å². The van der Waals surface area contributed by atoms with Gasteiger partial charge in [-0.1, -0.05) is 0 Å². The third kappa shape index (κ3) is 3.18. The monoisotopic (exact) mass is 325 g/mol. The average molecular weight is 325 g/mol. The van der Waals surface area contributed by atoms with Gasteiger partial charge in [-0.05, 0) is 31.9 Å². The van der Waals surface area contributed by atoms with Gasteiger partial charge in [0.15, 0.2) is 11.9 Å². The molecule has 1 heterocycles. The Kier molecular flexibility index (Phi) is 4.63. The van der Waals surface area contributed by atoms with Crippen LogP contribution in [0.5, 0.6) is 5.75 Å². The van der Waals surface area contributed by atoms with Gasteiger partial charge in [-0.3, -0.25) is 10.1 Å². The van der Waals surface area contributed by atoms with Gasteiger partial charge in [0.25, 0.3) is 0 Å². The van der Waals surface area contributed by atoms with E-state index in [9.17, 15) is 18.5 Å². The smallest absolute Gasteiger partial charge is 0.312 e. The van der Waals surface area contributed by atoms with Crippen LogP contribution in [0.15, 0.2) is 23.1 Å². The zero-order chi connectivity index (χ0) is 16.3. The van der Waals surface area contributed by atoms with Crippen LogP contribution in [0.2, 0.25) is 0 Å². The lowest BCUT2D eigenvalue weighted by molar-refractivity contribution is -0.386. The Morgan fingerprint density at radius 2 is 2.05 bits per heavy atom. The van der Waals surface area contributed by atoms with Crippen LogP contribution >= 0.6 is 0 Å². The van der Waals surface area contributed by atoms with Crippen LogP contribution in [0, 0.1) is 21.4 Å². The summed E-state index contributed by atoms with van der Waals surface area (Å²) in [5.74, 6) is -0.126. The molecule has 8 nitrogen and oxygen atoms in total. The van der Waals surface area contributed by atoms with Crippen LogP contribution in [-0.2, 0) is 10.0 Å². The van der Waals surface area contributed by atoms with Crippen molar-refractivity contribution in [2.45, 2.75) is 30.8 Å². The topological polar surface area (TPSA) is 114 Å². The highest BCUT2D eigenvalue weighted by atomic mass is 32.2. The number of sulfonamides is 1. The van der Waals surface area contributed by atoms with Gasteiger partial charge in [0, 0.05) is 19.2 Å². The second-order valence-electron chi connectivity index (χ2n) is 4.89. The number of ether oxygens (including phenoxy) is 1. The molecule has 0 amide bonds. The second-order valence-corrected chi connectivity index (χ2v) is 6.82. The first kappa shape index (κ1) is 16.2. The maximum Gasteiger partial charge on any atom is 0.312 e. The minimum absolute atomic E-state index is 0.126. The van der Waals surface area contributed by atoms with Crippen molar-refractivity contribution in [2.24, 2.45) is 0 Å². The van der Waals surface area contributed by atoms with Crippen molar-refractivity contribution in [2.75, 3.05) is 13.1 Å². The Hall–Kier alpha value is -2.18. The highest BCUT2D eigenvalue weighted by molar-refractivity contribution is 7.89. The number of rotatable bonds is 5. The number of nitrogens with zero attached hydrogens (tertiary/aromatic N) is 3. The molecule has 22 heavy (non-hydrogen) atoms.